The van der Waals surface area contributed by atoms with Gasteiger partial charge >= 0.3 is 0 Å². The summed E-state index contributed by atoms with van der Waals surface area (Å²) in [5, 5.41) is 3.09. The molecule has 1 aromatic heterocycles. The lowest BCUT2D eigenvalue weighted by atomic mass is 9.89. The average Bonchev–Trinajstić information content (AvgIpc) is 2.79. The standard InChI is InChI=1S/C25H26N2O2/c28-25(27-18-19-8-3-1-4-9-19)21-12-7-13-22(16-21)29-23-14-15-26-24(17-23)20-10-5-2-6-11-20/h2,5-7,10-17,19H,1,3-4,8-9,18H2,(H,27,28). The van der Waals surface area contributed by atoms with Crippen molar-refractivity contribution < 1.29 is 9.53 Å². The molecule has 1 aliphatic rings. The molecule has 1 N–H and O–H groups in total. The summed E-state index contributed by atoms with van der Waals surface area (Å²) in [4.78, 5) is 17.0. The highest BCUT2D eigenvalue weighted by Gasteiger charge is 2.15. The Morgan fingerprint density at radius 2 is 1.72 bits per heavy atom. The van der Waals surface area contributed by atoms with Crippen LogP contribution in [0.5, 0.6) is 11.5 Å². The molecule has 1 saturated carbocycles. The zero-order valence-corrected chi connectivity index (χ0v) is 16.5. The minimum absolute atomic E-state index is 0.0410. The monoisotopic (exact) mass is 386 g/mol. The van der Waals surface area contributed by atoms with Crippen molar-refractivity contribution in [3.8, 4) is 22.8 Å². The Morgan fingerprint density at radius 3 is 2.55 bits per heavy atom. The second-order valence-electron chi connectivity index (χ2n) is 7.59. The maximum Gasteiger partial charge on any atom is 0.251 e. The number of benzene rings is 2. The van der Waals surface area contributed by atoms with E-state index in [9.17, 15) is 4.79 Å². The van der Waals surface area contributed by atoms with Crippen LogP contribution in [-0.4, -0.2) is 17.4 Å². The summed E-state index contributed by atoms with van der Waals surface area (Å²) in [7, 11) is 0. The first kappa shape index (κ1) is 19.2. The van der Waals surface area contributed by atoms with E-state index in [0.29, 0.717) is 23.0 Å². The minimum Gasteiger partial charge on any atom is -0.457 e. The highest BCUT2D eigenvalue weighted by Crippen LogP contribution is 2.26. The first-order valence-electron chi connectivity index (χ1n) is 10.4. The lowest BCUT2D eigenvalue weighted by molar-refractivity contribution is 0.0943. The molecule has 148 valence electrons. The van der Waals surface area contributed by atoms with Gasteiger partial charge in [-0.05, 0) is 43.0 Å². The van der Waals surface area contributed by atoms with Crippen molar-refractivity contribution in [2.45, 2.75) is 32.1 Å². The van der Waals surface area contributed by atoms with Gasteiger partial charge in [-0.2, -0.15) is 0 Å². The Morgan fingerprint density at radius 1 is 0.931 bits per heavy atom. The van der Waals surface area contributed by atoms with Crippen LogP contribution in [0.4, 0.5) is 0 Å². The minimum atomic E-state index is -0.0410. The van der Waals surface area contributed by atoms with E-state index in [2.05, 4.69) is 10.3 Å². The molecule has 1 amide bonds. The van der Waals surface area contributed by atoms with Gasteiger partial charge in [0.2, 0.25) is 0 Å². The van der Waals surface area contributed by atoms with Crippen LogP contribution in [0.2, 0.25) is 0 Å². The fourth-order valence-electron chi connectivity index (χ4n) is 3.81. The number of nitrogens with one attached hydrogen (secondary N) is 1. The number of aromatic nitrogens is 1. The highest BCUT2D eigenvalue weighted by atomic mass is 16.5. The highest BCUT2D eigenvalue weighted by molar-refractivity contribution is 5.94. The number of pyridine rings is 1. The van der Waals surface area contributed by atoms with Gasteiger partial charge in [0.15, 0.2) is 0 Å². The number of hydrogen-bond acceptors (Lipinski definition) is 3. The van der Waals surface area contributed by atoms with Gasteiger partial charge in [-0.25, -0.2) is 0 Å². The number of carbonyl (C=O) groups is 1. The molecule has 4 heteroatoms. The van der Waals surface area contributed by atoms with Gasteiger partial charge in [0.1, 0.15) is 11.5 Å². The summed E-state index contributed by atoms with van der Waals surface area (Å²) in [5.41, 5.74) is 2.51. The zero-order chi connectivity index (χ0) is 19.9. The third kappa shape index (κ3) is 5.23. The molecule has 3 aromatic rings. The smallest absolute Gasteiger partial charge is 0.251 e. The van der Waals surface area contributed by atoms with Gasteiger partial charge in [-0.1, -0.05) is 55.7 Å². The largest absolute Gasteiger partial charge is 0.457 e. The van der Waals surface area contributed by atoms with Gasteiger partial charge in [0.25, 0.3) is 5.91 Å². The van der Waals surface area contributed by atoms with Crippen LogP contribution in [0.3, 0.4) is 0 Å². The maximum atomic E-state index is 12.6. The molecule has 0 spiro atoms. The predicted octanol–water partition coefficient (Wildman–Crippen LogP) is 5.85. The van der Waals surface area contributed by atoms with E-state index in [4.69, 9.17) is 4.74 Å². The van der Waals surface area contributed by atoms with Crippen molar-refractivity contribution in [3.05, 3.63) is 78.5 Å². The van der Waals surface area contributed by atoms with Crippen molar-refractivity contribution in [2.24, 2.45) is 5.92 Å². The molecule has 0 radical (unpaired) electrons. The molecular weight excluding hydrogens is 360 g/mol. The molecule has 4 rings (SSSR count). The molecule has 1 heterocycles. The topological polar surface area (TPSA) is 51.2 Å². The third-order valence-electron chi connectivity index (χ3n) is 5.41. The van der Waals surface area contributed by atoms with E-state index in [-0.39, 0.29) is 5.91 Å². The summed E-state index contributed by atoms with van der Waals surface area (Å²) >= 11 is 0. The number of nitrogens with zero attached hydrogens (tertiary/aromatic N) is 1. The molecule has 1 aliphatic carbocycles. The lowest BCUT2D eigenvalue weighted by Gasteiger charge is -2.21. The van der Waals surface area contributed by atoms with E-state index >= 15 is 0 Å². The van der Waals surface area contributed by atoms with Crippen molar-refractivity contribution >= 4 is 5.91 Å². The van der Waals surface area contributed by atoms with Gasteiger partial charge in [0, 0.05) is 29.9 Å². The Hall–Kier alpha value is -3.14. The van der Waals surface area contributed by atoms with Crippen molar-refractivity contribution in [3.63, 3.8) is 0 Å². The predicted molar refractivity (Wildman–Crippen MR) is 115 cm³/mol. The fourth-order valence-corrected chi connectivity index (χ4v) is 3.81. The molecule has 0 aliphatic heterocycles. The molecule has 0 atom stereocenters. The maximum absolute atomic E-state index is 12.6. The van der Waals surface area contributed by atoms with E-state index in [1.54, 1.807) is 12.3 Å². The van der Waals surface area contributed by atoms with Crippen molar-refractivity contribution in [2.75, 3.05) is 6.54 Å². The Kier molecular flexibility index (Phi) is 6.20. The summed E-state index contributed by atoms with van der Waals surface area (Å²) in [6.45, 7) is 0.759. The van der Waals surface area contributed by atoms with Crippen LogP contribution in [0.1, 0.15) is 42.5 Å². The number of carbonyl (C=O) groups excluding carboxylic acids is 1. The molecule has 29 heavy (non-hydrogen) atoms. The quantitative estimate of drug-likeness (QED) is 0.578. The van der Waals surface area contributed by atoms with Gasteiger partial charge < -0.3 is 10.1 Å². The molecular formula is C25H26N2O2. The first-order chi connectivity index (χ1) is 14.3. The van der Waals surface area contributed by atoms with Gasteiger partial charge in [-0.3, -0.25) is 9.78 Å². The summed E-state index contributed by atoms with van der Waals surface area (Å²) in [6, 6.07) is 21.0. The molecule has 2 aromatic carbocycles. The van der Waals surface area contributed by atoms with Gasteiger partial charge in [0.05, 0.1) is 5.69 Å². The molecule has 0 unspecified atom stereocenters. The molecule has 0 saturated heterocycles. The average molecular weight is 386 g/mol. The van der Waals surface area contributed by atoms with Crippen molar-refractivity contribution in [1.29, 1.82) is 0 Å². The van der Waals surface area contributed by atoms with E-state index in [0.717, 1.165) is 17.8 Å². The van der Waals surface area contributed by atoms with Crippen LogP contribution < -0.4 is 10.1 Å². The molecule has 4 nitrogen and oxygen atoms in total. The van der Waals surface area contributed by atoms with Crippen LogP contribution in [-0.2, 0) is 0 Å². The SMILES string of the molecule is O=C(NCC1CCCCC1)c1cccc(Oc2ccnc(-c3ccccc3)c2)c1. The first-order valence-corrected chi connectivity index (χ1v) is 10.4. The number of rotatable bonds is 6. The summed E-state index contributed by atoms with van der Waals surface area (Å²) in [6.07, 6.45) is 8.05. The van der Waals surface area contributed by atoms with Crippen LogP contribution >= 0.6 is 0 Å². The second-order valence-corrected chi connectivity index (χ2v) is 7.59. The Labute approximate surface area is 172 Å². The normalized spacial score (nSPS) is 14.3. The number of amides is 1. The summed E-state index contributed by atoms with van der Waals surface area (Å²) in [5.74, 6) is 1.90. The molecule has 0 bridgehead atoms. The Balaban J connectivity index is 1.41. The van der Waals surface area contributed by atoms with E-state index in [1.807, 2.05) is 60.7 Å². The van der Waals surface area contributed by atoms with Crippen LogP contribution in [0, 0.1) is 5.92 Å². The van der Waals surface area contributed by atoms with Crippen LogP contribution in [0.15, 0.2) is 72.9 Å². The zero-order valence-electron chi connectivity index (χ0n) is 16.5. The lowest BCUT2D eigenvalue weighted by Crippen LogP contribution is -2.30. The second kappa shape index (κ2) is 9.37. The van der Waals surface area contributed by atoms with Crippen LogP contribution in [0.25, 0.3) is 11.3 Å². The van der Waals surface area contributed by atoms with Crippen molar-refractivity contribution in [1.82, 2.24) is 10.3 Å². The fraction of sp³-hybridized carbons (Fsp3) is 0.280. The van der Waals surface area contributed by atoms with E-state index < -0.39 is 0 Å². The summed E-state index contributed by atoms with van der Waals surface area (Å²) < 4.78 is 6.01. The number of hydrogen-bond donors (Lipinski definition) is 1. The number of ether oxygens (including phenoxy) is 1. The van der Waals surface area contributed by atoms with Gasteiger partial charge in [-0.15, -0.1) is 0 Å². The Bertz CT molecular complexity index is 950. The van der Waals surface area contributed by atoms with E-state index in [1.165, 1.54) is 32.1 Å². The molecule has 1 fully saturated rings. The third-order valence-corrected chi connectivity index (χ3v) is 5.41.